The van der Waals surface area contributed by atoms with E-state index in [2.05, 4.69) is 20.9 Å². The van der Waals surface area contributed by atoms with Crippen molar-refractivity contribution in [3.05, 3.63) is 64.7 Å². The third kappa shape index (κ3) is 4.76. The van der Waals surface area contributed by atoms with Crippen LogP contribution in [-0.4, -0.2) is 36.0 Å². The van der Waals surface area contributed by atoms with E-state index in [0.717, 1.165) is 47.2 Å². The number of hydrogen-bond acceptors (Lipinski definition) is 5. The first kappa shape index (κ1) is 19.2. The normalized spacial score (nSPS) is 13.1. The molecule has 0 bridgehead atoms. The number of amides is 1. The molecule has 7 nitrogen and oxygen atoms in total. The Morgan fingerprint density at radius 1 is 1.18 bits per heavy atom. The lowest BCUT2D eigenvalue weighted by Crippen LogP contribution is -2.26. The van der Waals surface area contributed by atoms with Crippen molar-refractivity contribution in [1.82, 2.24) is 5.32 Å². The van der Waals surface area contributed by atoms with Crippen LogP contribution in [0.5, 0.6) is 0 Å². The molecule has 0 aliphatic carbocycles. The van der Waals surface area contributed by atoms with Crippen LogP contribution in [-0.2, 0) is 4.79 Å². The lowest BCUT2D eigenvalue weighted by atomic mass is 10.0. The molecule has 1 heterocycles. The highest BCUT2D eigenvalue weighted by atomic mass is 16.4. The zero-order valence-corrected chi connectivity index (χ0v) is 15.7. The number of benzene rings is 2. The topological polar surface area (TPSA) is 103 Å². The van der Waals surface area contributed by atoms with Gasteiger partial charge in [0.15, 0.2) is 5.96 Å². The molecular formula is C21H22N4O3. The predicted molar refractivity (Wildman–Crippen MR) is 111 cm³/mol. The standard InChI is InChI=1S/C21H22N4O3/c1-13-10-15(6-7-18(26)27)11-14(2)19(13)25-20(28)16-4-3-5-17(12-16)24-21-22-8-9-23-21/h3-7,10-12H,8-9H2,1-2H3,(H,25,28)(H,26,27)(H2,22,23,24)/b7-6+. The number of nitrogens with one attached hydrogen (secondary N) is 3. The van der Waals surface area contributed by atoms with Gasteiger partial charge in [-0.05, 0) is 66.9 Å². The van der Waals surface area contributed by atoms with E-state index in [1.807, 2.05) is 38.1 Å². The number of carboxylic acid groups (broad SMARTS) is 1. The van der Waals surface area contributed by atoms with E-state index >= 15 is 0 Å². The Hall–Kier alpha value is -3.61. The van der Waals surface area contributed by atoms with Crippen molar-refractivity contribution in [1.29, 1.82) is 0 Å². The lowest BCUT2D eigenvalue weighted by molar-refractivity contribution is -0.131. The second-order valence-corrected chi connectivity index (χ2v) is 6.52. The van der Waals surface area contributed by atoms with Gasteiger partial charge in [-0.25, -0.2) is 4.79 Å². The Morgan fingerprint density at radius 2 is 1.93 bits per heavy atom. The second kappa shape index (κ2) is 8.39. The van der Waals surface area contributed by atoms with Gasteiger partial charge in [0.2, 0.25) is 0 Å². The summed E-state index contributed by atoms with van der Waals surface area (Å²) in [6.07, 6.45) is 2.62. The highest BCUT2D eigenvalue weighted by molar-refractivity contribution is 6.06. The van der Waals surface area contributed by atoms with Gasteiger partial charge < -0.3 is 21.1 Å². The molecule has 0 unspecified atom stereocenters. The van der Waals surface area contributed by atoms with E-state index < -0.39 is 5.97 Å². The number of hydrogen-bond donors (Lipinski definition) is 4. The zero-order valence-electron chi connectivity index (χ0n) is 15.7. The fraction of sp³-hybridized carbons (Fsp3) is 0.190. The van der Waals surface area contributed by atoms with Crippen LogP contribution in [0.15, 0.2) is 47.5 Å². The van der Waals surface area contributed by atoms with Crippen molar-refractivity contribution in [2.24, 2.45) is 4.99 Å². The molecule has 144 valence electrons. The van der Waals surface area contributed by atoms with E-state index in [-0.39, 0.29) is 5.91 Å². The quantitative estimate of drug-likeness (QED) is 0.599. The molecule has 0 aromatic heterocycles. The number of carbonyl (C=O) groups excluding carboxylic acids is 1. The van der Waals surface area contributed by atoms with E-state index in [1.165, 1.54) is 6.08 Å². The number of aliphatic carboxylic acids is 1. The number of guanidine groups is 1. The minimum absolute atomic E-state index is 0.218. The maximum atomic E-state index is 12.7. The maximum absolute atomic E-state index is 12.7. The molecule has 3 rings (SSSR count). The molecule has 28 heavy (non-hydrogen) atoms. The summed E-state index contributed by atoms with van der Waals surface area (Å²) in [4.78, 5) is 27.7. The van der Waals surface area contributed by atoms with Crippen molar-refractivity contribution in [2.45, 2.75) is 13.8 Å². The van der Waals surface area contributed by atoms with Gasteiger partial charge in [-0.15, -0.1) is 0 Å². The molecule has 2 aromatic carbocycles. The van der Waals surface area contributed by atoms with Crippen LogP contribution in [0.3, 0.4) is 0 Å². The van der Waals surface area contributed by atoms with Gasteiger partial charge in [-0.1, -0.05) is 6.07 Å². The highest BCUT2D eigenvalue weighted by Gasteiger charge is 2.12. The second-order valence-electron chi connectivity index (χ2n) is 6.52. The summed E-state index contributed by atoms with van der Waals surface area (Å²) >= 11 is 0. The fourth-order valence-corrected chi connectivity index (χ4v) is 3.00. The SMILES string of the molecule is Cc1cc(/C=C/C(=O)O)cc(C)c1NC(=O)c1cccc(NC2=NCCN2)c1. The van der Waals surface area contributed by atoms with E-state index in [1.54, 1.807) is 12.1 Å². The summed E-state index contributed by atoms with van der Waals surface area (Å²) in [5, 5.41) is 18.0. The third-order valence-electron chi connectivity index (χ3n) is 4.27. The molecule has 0 radical (unpaired) electrons. The van der Waals surface area contributed by atoms with Crippen LogP contribution in [0.25, 0.3) is 6.08 Å². The average molecular weight is 378 g/mol. The molecule has 0 saturated heterocycles. The maximum Gasteiger partial charge on any atom is 0.328 e. The largest absolute Gasteiger partial charge is 0.478 e. The van der Waals surface area contributed by atoms with Crippen LogP contribution in [0.1, 0.15) is 27.0 Å². The van der Waals surface area contributed by atoms with E-state index in [0.29, 0.717) is 11.5 Å². The molecule has 2 aromatic rings. The summed E-state index contributed by atoms with van der Waals surface area (Å²) in [7, 11) is 0. The van der Waals surface area contributed by atoms with Gasteiger partial charge in [0.25, 0.3) is 5.91 Å². The van der Waals surface area contributed by atoms with E-state index in [9.17, 15) is 9.59 Å². The molecule has 1 amide bonds. The number of nitrogens with zero attached hydrogens (tertiary/aromatic N) is 1. The Morgan fingerprint density at radius 3 is 2.57 bits per heavy atom. The number of carboxylic acids is 1. The fourth-order valence-electron chi connectivity index (χ4n) is 3.00. The number of aliphatic imine (C=N–C) groups is 1. The van der Waals surface area contributed by atoms with Crippen molar-refractivity contribution in [3.63, 3.8) is 0 Å². The van der Waals surface area contributed by atoms with Gasteiger partial charge in [0.05, 0.1) is 6.54 Å². The zero-order chi connectivity index (χ0) is 20.1. The number of anilines is 2. The summed E-state index contributed by atoms with van der Waals surface area (Å²) in [6, 6.07) is 10.9. The lowest BCUT2D eigenvalue weighted by Gasteiger charge is -2.14. The minimum Gasteiger partial charge on any atom is -0.478 e. The Labute approximate surface area is 163 Å². The summed E-state index contributed by atoms with van der Waals surface area (Å²) in [5.74, 6) is -0.515. The Balaban J connectivity index is 1.76. The third-order valence-corrected chi connectivity index (χ3v) is 4.27. The first-order valence-electron chi connectivity index (χ1n) is 8.91. The van der Waals surface area contributed by atoms with Gasteiger partial charge in [-0.2, -0.15) is 0 Å². The van der Waals surface area contributed by atoms with Gasteiger partial charge in [-0.3, -0.25) is 9.79 Å². The molecule has 0 fully saturated rings. The van der Waals surface area contributed by atoms with Crippen LogP contribution in [0, 0.1) is 13.8 Å². The summed E-state index contributed by atoms with van der Waals surface area (Å²) in [5.41, 5.74) is 4.51. The highest BCUT2D eigenvalue weighted by Crippen LogP contribution is 2.24. The van der Waals surface area contributed by atoms with Crippen molar-refractivity contribution in [2.75, 3.05) is 23.7 Å². The summed E-state index contributed by atoms with van der Waals surface area (Å²) in [6.45, 7) is 5.29. The minimum atomic E-state index is -1.00. The van der Waals surface area contributed by atoms with Gasteiger partial charge >= 0.3 is 5.97 Å². The molecule has 0 saturated carbocycles. The first-order valence-corrected chi connectivity index (χ1v) is 8.91. The Bertz CT molecular complexity index is 956. The Kier molecular flexibility index (Phi) is 5.74. The molecular weight excluding hydrogens is 356 g/mol. The van der Waals surface area contributed by atoms with Crippen molar-refractivity contribution in [3.8, 4) is 0 Å². The molecule has 4 N–H and O–H groups in total. The smallest absolute Gasteiger partial charge is 0.328 e. The van der Waals surface area contributed by atoms with Crippen LogP contribution < -0.4 is 16.0 Å². The molecule has 0 spiro atoms. The van der Waals surface area contributed by atoms with Crippen LogP contribution in [0.4, 0.5) is 11.4 Å². The first-order chi connectivity index (χ1) is 13.4. The molecule has 0 atom stereocenters. The molecule has 1 aliphatic heterocycles. The van der Waals surface area contributed by atoms with Gasteiger partial charge in [0.1, 0.15) is 0 Å². The molecule has 7 heteroatoms. The number of aryl methyl sites for hydroxylation is 2. The molecule has 1 aliphatic rings. The number of rotatable bonds is 5. The van der Waals surface area contributed by atoms with Gasteiger partial charge in [0, 0.05) is 29.6 Å². The number of carbonyl (C=O) groups is 2. The predicted octanol–water partition coefficient (Wildman–Crippen LogP) is 3.02. The van der Waals surface area contributed by atoms with E-state index in [4.69, 9.17) is 5.11 Å². The summed E-state index contributed by atoms with van der Waals surface area (Å²) < 4.78 is 0. The van der Waals surface area contributed by atoms with Crippen LogP contribution in [0.2, 0.25) is 0 Å². The van der Waals surface area contributed by atoms with Crippen LogP contribution >= 0.6 is 0 Å². The average Bonchev–Trinajstić information content (AvgIpc) is 3.16. The van der Waals surface area contributed by atoms with Crippen molar-refractivity contribution < 1.29 is 14.7 Å². The monoisotopic (exact) mass is 378 g/mol. The van der Waals surface area contributed by atoms with Crippen molar-refractivity contribution >= 4 is 35.3 Å².